The Labute approximate surface area is 92.3 Å². The van der Waals surface area contributed by atoms with Crippen molar-refractivity contribution in [3.63, 3.8) is 0 Å². The molecule has 0 bridgehead atoms. The number of nitrogens with zero attached hydrogens (tertiary/aromatic N) is 1. The van der Waals surface area contributed by atoms with Crippen LogP contribution in [0.4, 0.5) is 0 Å². The maximum absolute atomic E-state index is 9.75. The van der Waals surface area contributed by atoms with E-state index in [9.17, 15) is 5.11 Å². The highest BCUT2D eigenvalue weighted by Crippen LogP contribution is 2.23. The minimum absolute atomic E-state index is 0.518. The number of nitrogens with one attached hydrogen (secondary N) is 2. The molecule has 5 heteroatoms. The van der Waals surface area contributed by atoms with E-state index >= 15 is 0 Å². The lowest BCUT2D eigenvalue weighted by molar-refractivity contribution is 0.178. The molecule has 0 saturated heterocycles. The Balaban J connectivity index is 2.38. The third kappa shape index (κ3) is 1.97. The van der Waals surface area contributed by atoms with Crippen molar-refractivity contribution in [3.8, 4) is 0 Å². The van der Waals surface area contributed by atoms with E-state index in [1.54, 1.807) is 7.05 Å². The van der Waals surface area contributed by atoms with Gasteiger partial charge in [0, 0.05) is 11.9 Å². The van der Waals surface area contributed by atoms with Crippen molar-refractivity contribution in [1.29, 1.82) is 0 Å². The van der Waals surface area contributed by atoms with Gasteiger partial charge in [-0.25, -0.2) is 0 Å². The van der Waals surface area contributed by atoms with Gasteiger partial charge in [-0.1, -0.05) is 17.7 Å². The molecule has 1 unspecified atom stereocenters. The molecule has 3 N–H and O–H groups in total. The van der Waals surface area contributed by atoms with E-state index in [1.165, 1.54) is 0 Å². The molecule has 1 aromatic carbocycles. The summed E-state index contributed by atoms with van der Waals surface area (Å²) < 4.78 is 0. The largest absolute Gasteiger partial charge is 0.387 e. The summed E-state index contributed by atoms with van der Waals surface area (Å²) >= 11 is 5.87. The van der Waals surface area contributed by atoms with E-state index in [4.69, 9.17) is 11.6 Å². The van der Waals surface area contributed by atoms with Gasteiger partial charge >= 0.3 is 0 Å². The zero-order chi connectivity index (χ0) is 10.8. The maximum Gasteiger partial charge on any atom is 0.132 e. The van der Waals surface area contributed by atoms with Crippen LogP contribution in [0.25, 0.3) is 10.9 Å². The van der Waals surface area contributed by atoms with Crippen LogP contribution < -0.4 is 5.32 Å². The first-order valence-electron chi connectivity index (χ1n) is 4.68. The zero-order valence-corrected chi connectivity index (χ0v) is 9.04. The lowest BCUT2D eigenvalue weighted by Crippen LogP contribution is -2.16. The summed E-state index contributed by atoms with van der Waals surface area (Å²) in [4.78, 5) is 0. The van der Waals surface area contributed by atoms with Crippen molar-refractivity contribution in [2.24, 2.45) is 0 Å². The topological polar surface area (TPSA) is 60.9 Å². The highest BCUT2D eigenvalue weighted by atomic mass is 35.5. The van der Waals surface area contributed by atoms with Gasteiger partial charge in [0.25, 0.3) is 0 Å². The predicted octanol–water partition coefficient (Wildman–Crippen LogP) is 1.47. The fraction of sp³-hybridized carbons (Fsp3) is 0.300. The monoisotopic (exact) mass is 225 g/mol. The summed E-state index contributed by atoms with van der Waals surface area (Å²) in [6.07, 6.45) is -0.519. The number of rotatable bonds is 3. The normalized spacial score (nSPS) is 13.3. The summed E-state index contributed by atoms with van der Waals surface area (Å²) in [5.41, 5.74) is 1.60. The van der Waals surface area contributed by atoms with E-state index in [2.05, 4.69) is 15.5 Å². The van der Waals surface area contributed by atoms with Crippen LogP contribution in [0.2, 0.25) is 5.15 Å². The van der Waals surface area contributed by atoms with Crippen molar-refractivity contribution in [3.05, 3.63) is 28.9 Å². The molecule has 0 fully saturated rings. The molecule has 2 aromatic rings. The lowest BCUT2D eigenvalue weighted by atomic mass is 10.1. The van der Waals surface area contributed by atoms with Crippen LogP contribution >= 0.6 is 11.6 Å². The van der Waals surface area contributed by atoms with Crippen molar-refractivity contribution >= 4 is 22.5 Å². The Bertz CT molecular complexity index is 469. The molecule has 1 atom stereocenters. The third-order valence-electron chi connectivity index (χ3n) is 2.32. The number of aliphatic hydroxyl groups excluding tert-OH is 1. The molecule has 0 radical (unpaired) electrons. The predicted molar refractivity (Wildman–Crippen MR) is 60.0 cm³/mol. The van der Waals surface area contributed by atoms with Gasteiger partial charge in [-0.3, -0.25) is 5.10 Å². The van der Waals surface area contributed by atoms with Crippen LogP contribution in [-0.2, 0) is 0 Å². The van der Waals surface area contributed by atoms with Gasteiger partial charge in [0.1, 0.15) is 5.15 Å². The number of aromatic amines is 1. The highest BCUT2D eigenvalue weighted by molar-refractivity contribution is 6.34. The zero-order valence-electron chi connectivity index (χ0n) is 8.29. The van der Waals surface area contributed by atoms with E-state index in [-0.39, 0.29) is 0 Å². The van der Waals surface area contributed by atoms with Crippen molar-refractivity contribution in [2.75, 3.05) is 13.6 Å². The van der Waals surface area contributed by atoms with Gasteiger partial charge in [0.15, 0.2) is 0 Å². The molecule has 0 saturated carbocycles. The standard InChI is InChI=1S/C10H12ClN3O/c1-12-5-9(15)6-2-3-7-8(4-6)13-14-10(7)11/h2-4,9,12,15H,5H2,1H3,(H,13,14). The van der Waals surface area contributed by atoms with E-state index < -0.39 is 6.10 Å². The molecule has 80 valence electrons. The number of hydrogen-bond acceptors (Lipinski definition) is 3. The van der Waals surface area contributed by atoms with Crippen LogP contribution in [0.3, 0.4) is 0 Å². The van der Waals surface area contributed by atoms with Gasteiger partial charge in [-0.05, 0) is 24.7 Å². The maximum atomic E-state index is 9.75. The summed E-state index contributed by atoms with van der Waals surface area (Å²) in [7, 11) is 1.80. The molecule has 0 aliphatic rings. The minimum Gasteiger partial charge on any atom is -0.387 e. The van der Waals surface area contributed by atoms with E-state index in [1.807, 2.05) is 18.2 Å². The van der Waals surface area contributed by atoms with E-state index in [0.717, 1.165) is 16.5 Å². The molecule has 1 heterocycles. The Morgan fingerprint density at radius 1 is 1.60 bits per heavy atom. The fourth-order valence-electron chi connectivity index (χ4n) is 1.51. The quantitative estimate of drug-likeness (QED) is 0.742. The summed E-state index contributed by atoms with van der Waals surface area (Å²) in [6, 6.07) is 5.54. The Morgan fingerprint density at radius 2 is 2.40 bits per heavy atom. The van der Waals surface area contributed by atoms with Gasteiger partial charge in [-0.15, -0.1) is 0 Å². The SMILES string of the molecule is CNCC(O)c1ccc2c(Cl)[nH]nc2c1. The molecule has 1 aromatic heterocycles. The lowest BCUT2D eigenvalue weighted by Gasteiger charge is -2.09. The van der Waals surface area contributed by atoms with Crippen LogP contribution in [0.15, 0.2) is 18.2 Å². The Morgan fingerprint density at radius 3 is 3.13 bits per heavy atom. The Kier molecular flexibility index (Phi) is 2.90. The van der Waals surface area contributed by atoms with Crippen LogP contribution in [0.5, 0.6) is 0 Å². The molecule has 0 amide bonds. The molecule has 0 aliphatic heterocycles. The molecular formula is C10H12ClN3O. The number of aliphatic hydroxyl groups is 1. The smallest absolute Gasteiger partial charge is 0.132 e. The highest BCUT2D eigenvalue weighted by Gasteiger charge is 2.09. The third-order valence-corrected chi connectivity index (χ3v) is 2.60. The molecule has 0 spiro atoms. The summed E-state index contributed by atoms with van der Waals surface area (Å²) in [5.74, 6) is 0. The van der Waals surface area contributed by atoms with Crippen molar-refractivity contribution in [1.82, 2.24) is 15.5 Å². The average molecular weight is 226 g/mol. The molecule has 4 nitrogen and oxygen atoms in total. The van der Waals surface area contributed by atoms with Gasteiger partial charge in [0.2, 0.25) is 0 Å². The molecule has 0 aliphatic carbocycles. The number of hydrogen-bond donors (Lipinski definition) is 3. The van der Waals surface area contributed by atoms with Crippen LogP contribution in [0.1, 0.15) is 11.7 Å². The van der Waals surface area contributed by atoms with E-state index in [0.29, 0.717) is 11.7 Å². The number of likely N-dealkylation sites (N-methyl/N-ethyl adjacent to an activating group) is 1. The first-order chi connectivity index (χ1) is 7.22. The minimum atomic E-state index is -0.519. The second kappa shape index (κ2) is 4.18. The average Bonchev–Trinajstić information content (AvgIpc) is 2.60. The first kappa shape index (κ1) is 10.4. The van der Waals surface area contributed by atoms with Crippen molar-refractivity contribution in [2.45, 2.75) is 6.10 Å². The second-order valence-corrected chi connectivity index (χ2v) is 3.77. The van der Waals surface area contributed by atoms with Gasteiger partial charge in [-0.2, -0.15) is 5.10 Å². The second-order valence-electron chi connectivity index (χ2n) is 3.39. The van der Waals surface area contributed by atoms with Crippen molar-refractivity contribution < 1.29 is 5.11 Å². The molecule has 15 heavy (non-hydrogen) atoms. The number of benzene rings is 1. The van der Waals surface area contributed by atoms with Gasteiger partial charge in [0.05, 0.1) is 11.6 Å². The van der Waals surface area contributed by atoms with Crippen LogP contribution in [0, 0.1) is 0 Å². The summed E-state index contributed by atoms with van der Waals surface area (Å²) in [6.45, 7) is 0.518. The fourth-order valence-corrected chi connectivity index (χ4v) is 1.72. The number of aromatic nitrogens is 2. The van der Waals surface area contributed by atoms with Gasteiger partial charge < -0.3 is 10.4 Å². The molecular weight excluding hydrogens is 214 g/mol. The van der Waals surface area contributed by atoms with Crippen LogP contribution in [-0.4, -0.2) is 28.9 Å². The summed E-state index contributed by atoms with van der Waals surface area (Å²) in [5, 5.41) is 20.8. The molecule has 2 rings (SSSR count). The number of halogens is 1. The Hall–Kier alpha value is -1.10. The first-order valence-corrected chi connectivity index (χ1v) is 5.06. The number of H-pyrrole nitrogens is 1. The number of fused-ring (bicyclic) bond motifs is 1.